The van der Waals surface area contributed by atoms with E-state index in [4.69, 9.17) is 20.2 Å². The number of nitrogens with one attached hydrogen (secondary N) is 1. The Hall–Kier alpha value is -3.08. The SMILES string of the molecule is CC(C)(C)OC(=O)N1CC=C(c2ccc(C3C(C)(C)OC(=NC45CC6CC4CC(C(N)=O)(C6)C5)NS3(=O)=O)cc2)CC1. The number of aliphatic imine (C=N–C) groups is 1. The van der Waals surface area contributed by atoms with Crippen molar-refractivity contribution in [1.29, 1.82) is 0 Å². The molecule has 2 aliphatic heterocycles. The third-order valence-corrected chi connectivity index (χ3v) is 11.7. The van der Waals surface area contributed by atoms with Gasteiger partial charge in [0.25, 0.3) is 6.02 Å². The van der Waals surface area contributed by atoms with Gasteiger partial charge >= 0.3 is 6.09 Å². The molecule has 1 aromatic rings. The summed E-state index contributed by atoms with van der Waals surface area (Å²) in [6.07, 6.45) is 6.27. The molecule has 2 amide bonds. The van der Waals surface area contributed by atoms with Crippen LogP contribution in [-0.2, 0) is 24.3 Å². The Bertz CT molecular complexity index is 1480. The largest absolute Gasteiger partial charge is 0.457 e. The molecule has 5 unspecified atom stereocenters. The van der Waals surface area contributed by atoms with Crippen molar-refractivity contribution < 1.29 is 27.5 Å². The third-order valence-electron chi connectivity index (χ3n) is 9.80. The summed E-state index contributed by atoms with van der Waals surface area (Å²) < 4.78 is 41.8. The zero-order valence-electron chi connectivity index (χ0n) is 25.1. The number of amides is 2. The average molecular weight is 599 g/mol. The molecule has 10 nitrogen and oxygen atoms in total. The fourth-order valence-corrected chi connectivity index (χ4v) is 10.1. The molecule has 0 spiro atoms. The molecule has 3 N–H and O–H groups in total. The Morgan fingerprint density at radius 1 is 1.14 bits per heavy atom. The standard InChI is InChI=1S/C31H42N4O6S/c1-28(2,3)41-27(37)35-12-10-21(11-13-35)20-6-8-22(9-7-20)24-29(4,5)40-26(34-42(24,38)39)33-31-16-19-14-23(31)17-30(15-19,18-31)25(32)36/h6-10,19,23-24H,11-18H2,1-5H3,(H2,32,36)(H,33,34). The summed E-state index contributed by atoms with van der Waals surface area (Å²) in [6, 6.07) is 7.54. The number of hydrogen-bond acceptors (Lipinski definition) is 7. The molecule has 1 saturated heterocycles. The maximum atomic E-state index is 13.7. The minimum atomic E-state index is -3.88. The molecule has 5 atom stereocenters. The van der Waals surface area contributed by atoms with Crippen molar-refractivity contribution in [2.24, 2.45) is 28.0 Å². The minimum Gasteiger partial charge on any atom is -0.457 e. The predicted octanol–water partition coefficient (Wildman–Crippen LogP) is 4.27. The Balaban J connectivity index is 1.18. The summed E-state index contributed by atoms with van der Waals surface area (Å²) in [5, 5.41) is -0.952. The van der Waals surface area contributed by atoms with Crippen LogP contribution in [0.15, 0.2) is 35.3 Å². The number of amidine groups is 1. The van der Waals surface area contributed by atoms with E-state index in [9.17, 15) is 18.0 Å². The molecular formula is C31H42N4O6S. The fraction of sp³-hybridized carbons (Fsp3) is 0.645. The average Bonchev–Trinajstić information content (AvgIpc) is 3.23. The Morgan fingerprint density at radius 3 is 2.45 bits per heavy atom. The Labute approximate surface area is 248 Å². The van der Waals surface area contributed by atoms with Gasteiger partial charge in [-0.25, -0.2) is 22.9 Å². The van der Waals surface area contributed by atoms with Crippen LogP contribution in [-0.4, -0.2) is 61.2 Å². The number of sulfonamides is 1. The molecule has 0 radical (unpaired) electrons. The normalized spacial score (nSPS) is 35.4. The number of carbonyl (C=O) groups excluding carboxylic acids is 2. The second kappa shape index (κ2) is 9.46. The van der Waals surface area contributed by atoms with Crippen molar-refractivity contribution in [3.05, 3.63) is 41.5 Å². The van der Waals surface area contributed by atoms with E-state index in [0.29, 0.717) is 37.4 Å². The van der Waals surface area contributed by atoms with Crippen molar-refractivity contribution in [2.75, 3.05) is 13.1 Å². The van der Waals surface area contributed by atoms with Crippen LogP contribution in [0.3, 0.4) is 0 Å². The van der Waals surface area contributed by atoms with Gasteiger partial charge in [-0.2, -0.15) is 0 Å². The number of benzene rings is 1. The van der Waals surface area contributed by atoms with Gasteiger partial charge in [-0.05, 0) is 102 Å². The van der Waals surface area contributed by atoms with Crippen LogP contribution in [0, 0.1) is 17.3 Å². The molecule has 4 saturated carbocycles. The topological polar surface area (TPSA) is 140 Å². The van der Waals surface area contributed by atoms with Crippen LogP contribution in [0.1, 0.15) is 89.5 Å². The van der Waals surface area contributed by atoms with Gasteiger partial charge in [0, 0.05) is 13.1 Å². The second-order valence-corrected chi connectivity index (χ2v) is 16.3. The first-order valence-corrected chi connectivity index (χ1v) is 16.4. The van der Waals surface area contributed by atoms with Crippen LogP contribution in [0.25, 0.3) is 5.57 Å². The van der Waals surface area contributed by atoms with Gasteiger partial charge in [0.05, 0.1) is 11.0 Å². The zero-order valence-corrected chi connectivity index (χ0v) is 25.9. The van der Waals surface area contributed by atoms with E-state index in [1.54, 1.807) is 18.7 Å². The van der Waals surface area contributed by atoms with E-state index in [1.807, 2.05) is 51.1 Å². The first-order valence-electron chi connectivity index (χ1n) is 14.9. The van der Waals surface area contributed by atoms with Crippen molar-refractivity contribution in [1.82, 2.24) is 9.62 Å². The van der Waals surface area contributed by atoms with Crippen LogP contribution in [0.5, 0.6) is 0 Å². The molecule has 228 valence electrons. The molecular weight excluding hydrogens is 556 g/mol. The van der Waals surface area contributed by atoms with E-state index in [-0.39, 0.29) is 23.9 Å². The molecule has 11 heteroatoms. The van der Waals surface area contributed by atoms with Crippen molar-refractivity contribution in [3.8, 4) is 0 Å². The van der Waals surface area contributed by atoms with Gasteiger partial charge in [0.15, 0.2) is 0 Å². The van der Waals surface area contributed by atoms with Gasteiger partial charge in [-0.15, -0.1) is 0 Å². The monoisotopic (exact) mass is 598 g/mol. The van der Waals surface area contributed by atoms with Crippen LogP contribution in [0.2, 0.25) is 0 Å². The quantitative estimate of drug-likeness (QED) is 0.531. The van der Waals surface area contributed by atoms with Crippen LogP contribution < -0.4 is 10.5 Å². The number of hydrogen-bond donors (Lipinski definition) is 2. The van der Waals surface area contributed by atoms with Gasteiger partial charge in [0.1, 0.15) is 16.5 Å². The van der Waals surface area contributed by atoms with Gasteiger partial charge in [0.2, 0.25) is 15.9 Å². The van der Waals surface area contributed by atoms with Gasteiger partial charge in [-0.1, -0.05) is 30.3 Å². The molecule has 1 aromatic carbocycles. The lowest BCUT2D eigenvalue weighted by molar-refractivity contribution is -0.130. The Morgan fingerprint density at radius 2 is 1.86 bits per heavy atom. The minimum absolute atomic E-state index is 0.0163. The van der Waals surface area contributed by atoms with E-state index in [2.05, 4.69) is 4.72 Å². The van der Waals surface area contributed by atoms with Crippen molar-refractivity contribution in [2.45, 2.75) is 95.1 Å². The summed E-state index contributed by atoms with van der Waals surface area (Å²) >= 11 is 0. The third kappa shape index (κ3) is 4.97. The summed E-state index contributed by atoms with van der Waals surface area (Å²) in [6.45, 7) is 10.1. The molecule has 42 heavy (non-hydrogen) atoms. The number of rotatable bonds is 4. The number of nitrogens with zero attached hydrogens (tertiary/aromatic N) is 2. The fourth-order valence-electron chi connectivity index (χ4n) is 8.32. The summed E-state index contributed by atoms with van der Waals surface area (Å²) in [5.74, 6) is 0.328. The highest BCUT2D eigenvalue weighted by Gasteiger charge is 2.67. The molecule has 4 aliphatic carbocycles. The highest BCUT2D eigenvalue weighted by atomic mass is 32.2. The number of primary amides is 1. The van der Waals surface area contributed by atoms with Gasteiger partial charge in [-0.3, -0.25) is 4.79 Å². The summed E-state index contributed by atoms with van der Waals surface area (Å²) in [4.78, 5) is 31.4. The second-order valence-electron chi connectivity index (χ2n) is 14.5. The zero-order chi connectivity index (χ0) is 30.3. The molecule has 2 heterocycles. The van der Waals surface area contributed by atoms with E-state index >= 15 is 0 Å². The van der Waals surface area contributed by atoms with E-state index in [0.717, 1.165) is 36.8 Å². The molecule has 5 fully saturated rings. The Kier molecular flexibility index (Phi) is 6.53. The first kappa shape index (κ1) is 29.0. The van der Waals surface area contributed by atoms with Crippen molar-refractivity contribution >= 4 is 33.6 Å². The van der Waals surface area contributed by atoms with Crippen LogP contribution >= 0.6 is 0 Å². The van der Waals surface area contributed by atoms with Crippen LogP contribution in [0.4, 0.5) is 4.79 Å². The smallest absolute Gasteiger partial charge is 0.410 e. The lowest BCUT2D eigenvalue weighted by Crippen LogP contribution is -2.54. The lowest BCUT2D eigenvalue weighted by atomic mass is 9.68. The lowest BCUT2D eigenvalue weighted by Gasteiger charge is -2.41. The first-order chi connectivity index (χ1) is 19.5. The number of carbonyl (C=O) groups is 2. The van der Waals surface area contributed by atoms with Crippen molar-refractivity contribution in [3.63, 3.8) is 0 Å². The maximum absolute atomic E-state index is 13.7. The van der Waals surface area contributed by atoms with E-state index in [1.165, 1.54) is 0 Å². The highest BCUT2D eigenvalue weighted by molar-refractivity contribution is 7.90. The number of nitrogens with two attached hydrogens (primary N) is 1. The highest BCUT2D eigenvalue weighted by Crippen LogP contribution is 2.67. The predicted molar refractivity (Wildman–Crippen MR) is 159 cm³/mol. The van der Waals surface area contributed by atoms with Gasteiger partial charge < -0.3 is 20.1 Å². The summed E-state index contributed by atoms with van der Waals surface area (Å²) in [7, 11) is -3.88. The molecule has 4 bridgehead atoms. The number of ether oxygens (including phenoxy) is 2. The maximum Gasteiger partial charge on any atom is 0.410 e. The molecule has 0 aromatic heterocycles. The van der Waals surface area contributed by atoms with E-state index < -0.39 is 37.4 Å². The molecule has 6 aliphatic rings. The summed E-state index contributed by atoms with van der Waals surface area (Å²) in [5.41, 5.74) is 5.86. The molecule has 7 rings (SSSR count).